The summed E-state index contributed by atoms with van der Waals surface area (Å²) in [4.78, 5) is 27.7. The maximum Gasteiger partial charge on any atom is 0.262 e. The lowest BCUT2D eigenvalue weighted by molar-refractivity contribution is -0.122. The number of aromatic nitrogens is 2. The van der Waals surface area contributed by atoms with Gasteiger partial charge in [-0.05, 0) is 37.2 Å². The van der Waals surface area contributed by atoms with E-state index in [2.05, 4.69) is 10.3 Å². The molecule has 1 aliphatic carbocycles. The smallest absolute Gasteiger partial charge is 0.262 e. The molecular formula is C17H21N3O3S. The van der Waals surface area contributed by atoms with Gasteiger partial charge in [0, 0.05) is 12.5 Å². The van der Waals surface area contributed by atoms with E-state index in [1.54, 1.807) is 18.2 Å². The minimum atomic E-state index is -0.356. The van der Waals surface area contributed by atoms with E-state index in [1.807, 2.05) is 6.07 Å². The van der Waals surface area contributed by atoms with Gasteiger partial charge in [0.15, 0.2) is 4.77 Å². The predicted octanol–water partition coefficient (Wildman–Crippen LogP) is 1.73. The van der Waals surface area contributed by atoms with Gasteiger partial charge in [-0.25, -0.2) is 0 Å². The number of hydrogen-bond acceptors (Lipinski definition) is 4. The Kier molecular flexibility index (Phi) is 5.11. The Morgan fingerprint density at radius 1 is 1.33 bits per heavy atom. The van der Waals surface area contributed by atoms with Crippen LogP contribution in [0.25, 0.3) is 10.9 Å². The highest BCUT2D eigenvalue weighted by atomic mass is 32.1. The molecule has 1 aromatic carbocycles. The third-order valence-electron chi connectivity index (χ3n) is 4.62. The first-order chi connectivity index (χ1) is 11.6. The van der Waals surface area contributed by atoms with E-state index in [1.165, 1.54) is 4.57 Å². The molecule has 2 unspecified atom stereocenters. The van der Waals surface area contributed by atoms with Crippen molar-refractivity contribution in [3.8, 4) is 0 Å². The number of amides is 1. The van der Waals surface area contributed by atoms with Crippen molar-refractivity contribution in [2.75, 3.05) is 6.54 Å². The van der Waals surface area contributed by atoms with Gasteiger partial charge < -0.3 is 15.4 Å². The Morgan fingerprint density at radius 3 is 2.88 bits per heavy atom. The van der Waals surface area contributed by atoms with Crippen LogP contribution in [-0.4, -0.2) is 33.2 Å². The van der Waals surface area contributed by atoms with Gasteiger partial charge in [-0.3, -0.25) is 14.2 Å². The number of H-pyrrole nitrogens is 1. The van der Waals surface area contributed by atoms with Crippen LogP contribution in [0.1, 0.15) is 25.7 Å². The van der Waals surface area contributed by atoms with Crippen LogP contribution in [0.15, 0.2) is 29.1 Å². The van der Waals surface area contributed by atoms with Crippen LogP contribution in [-0.2, 0) is 11.3 Å². The predicted molar refractivity (Wildman–Crippen MR) is 94.4 cm³/mol. The fraction of sp³-hybridized carbons (Fsp3) is 0.471. The summed E-state index contributed by atoms with van der Waals surface area (Å²) in [5, 5.41) is 13.3. The van der Waals surface area contributed by atoms with Crippen molar-refractivity contribution in [2.45, 2.75) is 38.3 Å². The van der Waals surface area contributed by atoms with Crippen molar-refractivity contribution in [1.82, 2.24) is 14.9 Å². The summed E-state index contributed by atoms with van der Waals surface area (Å²) in [5.41, 5.74) is 0.386. The quantitative estimate of drug-likeness (QED) is 0.735. The number of aliphatic hydroxyl groups is 1. The molecule has 1 amide bonds. The van der Waals surface area contributed by atoms with E-state index < -0.39 is 0 Å². The maximum atomic E-state index is 12.5. The summed E-state index contributed by atoms with van der Waals surface area (Å²) in [5.74, 6) is -0.185. The summed E-state index contributed by atoms with van der Waals surface area (Å²) in [6.45, 7) is 0.306. The summed E-state index contributed by atoms with van der Waals surface area (Å²) in [6.07, 6.45) is 3.46. The molecule has 1 fully saturated rings. The molecule has 128 valence electrons. The molecule has 3 rings (SSSR count). The van der Waals surface area contributed by atoms with E-state index in [4.69, 9.17) is 12.2 Å². The van der Waals surface area contributed by atoms with E-state index in [9.17, 15) is 14.7 Å². The molecule has 0 bridgehead atoms. The summed E-state index contributed by atoms with van der Waals surface area (Å²) in [6, 6.07) is 7.08. The Morgan fingerprint density at radius 2 is 2.08 bits per heavy atom. The standard InChI is InChI=1S/C17H21N3O3S/c21-14-8-4-1-5-11(14)9-18-15(22)10-20-16(23)12-6-2-3-7-13(12)19-17(20)24/h2-3,6-7,11,14,21H,1,4-5,8-10H2,(H,18,22)(H,19,24). The molecule has 24 heavy (non-hydrogen) atoms. The number of para-hydroxylation sites is 1. The van der Waals surface area contributed by atoms with Crippen LogP contribution in [0.5, 0.6) is 0 Å². The van der Waals surface area contributed by atoms with E-state index >= 15 is 0 Å². The molecule has 6 nitrogen and oxygen atoms in total. The number of carbonyl (C=O) groups is 1. The van der Waals surface area contributed by atoms with Crippen LogP contribution in [0, 0.1) is 10.7 Å². The van der Waals surface area contributed by atoms with Crippen LogP contribution in [0.2, 0.25) is 0 Å². The molecule has 0 spiro atoms. The number of benzene rings is 1. The molecular weight excluding hydrogens is 326 g/mol. The fourth-order valence-corrected chi connectivity index (χ4v) is 3.47. The normalized spacial score (nSPS) is 20.9. The van der Waals surface area contributed by atoms with Gasteiger partial charge >= 0.3 is 0 Å². The number of fused-ring (bicyclic) bond motifs is 1. The highest BCUT2D eigenvalue weighted by Gasteiger charge is 2.23. The fourth-order valence-electron chi connectivity index (χ4n) is 3.21. The van der Waals surface area contributed by atoms with Gasteiger partial charge in [-0.2, -0.15) is 0 Å². The van der Waals surface area contributed by atoms with Crippen LogP contribution >= 0.6 is 12.2 Å². The first kappa shape index (κ1) is 16.9. The summed E-state index contributed by atoms with van der Waals surface area (Å²) >= 11 is 5.20. The van der Waals surface area contributed by atoms with Crippen molar-refractivity contribution < 1.29 is 9.90 Å². The van der Waals surface area contributed by atoms with Crippen LogP contribution in [0.3, 0.4) is 0 Å². The SMILES string of the molecule is O=C(Cn1c(=S)[nH]c2ccccc2c1=O)NCC1CCCCC1O. The molecule has 1 heterocycles. The number of nitrogens with one attached hydrogen (secondary N) is 2. The van der Waals surface area contributed by atoms with Crippen molar-refractivity contribution in [1.29, 1.82) is 0 Å². The first-order valence-electron chi connectivity index (χ1n) is 8.23. The zero-order valence-electron chi connectivity index (χ0n) is 13.3. The number of nitrogens with zero attached hydrogens (tertiary/aromatic N) is 1. The topological polar surface area (TPSA) is 87.1 Å². The van der Waals surface area contributed by atoms with Crippen molar-refractivity contribution in [2.24, 2.45) is 5.92 Å². The highest BCUT2D eigenvalue weighted by Crippen LogP contribution is 2.23. The molecule has 1 aromatic heterocycles. The van der Waals surface area contributed by atoms with Gasteiger partial charge in [-0.1, -0.05) is 25.0 Å². The van der Waals surface area contributed by atoms with Gasteiger partial charge in [0.2, 0.25) is 5.91 Å². The van der Waals surface area contributed by atoms with Crippen molar-refractivity contribution in [3.63, 3.8) is 0 Å². The molecule has 0 radical (unpaired) electrons. The average Bonchev–Trinajstić information content (AvgIpc) is 2.58. The Hall–Kier alpha value is -1.99. The lowest BCUT2D eigenvalue weighted by Gasteiger charge is -2.27. The van der Waals surface area contributed by atoms with E-state index in [0.717, 1.165) is 25.7 Å². The number of carbonyl (C=O) groups excluding carboxylic acids is 1. The third-order valence-corrected chi connectivity index (χ3v) is 4.94. The summed E-state index contributed by atoms with van der Waals surface area (Å²) in [7, 11) is 0. The van der Waals surface area contributed by atoms with Crippen molar-refractivity contribution >= 4 is 29.0 Å². The molecule has 2 aromatic rings. The first-order valence-corrected chi connectivity index (χ1v) is 8.63. The van der Waals surface area contributed by atoms with Gasteiger partial charge in [-0.15, -0.1) is 0 Å². The minimum absolute atomic E-state index is 0.0885. The van der Waals surface area contributed by atoms with Crippen molar-refractivity contribution in [3.05, 3.63) is 39.4 Å². The number of aromatic amines is 1. The Bertz CT molecular complexity index is 858. The molecule has 1 saturated carbocycles. The molecule has 2 atom stereocenters. The van der Waals surface area contributed by atoms with E-state index in [0.29, 0.717) is 17.4 Å². The number of aliphatic hydroxyl groups excluding tert-OH is 1. The van der Waals surface area contributed by atoms with Gasteiger partial charge in [0.25, 0.3) is 5.56 Å². The molecule has 0 aliphatic heterocycles. The minimum Gasteiger partial charge on any atom is -0.393 e. The van der Waals surface area contributed by atoms with E-state index in [-0.39, 0.29) is 34.8 Å². The molecule has 0 saturated heterocycles. The van der Waals surface area contributed by atoms with Gasteiger partial charge in [0.05, 0.1) is 17.0 Å². The second-order valence-corrected chi connectivity index (χ2v) is 6.67. The largest absolute Gasteiger partial charge is 0.393 e. The Balaban J connectivity index is 1.71. The lowest BCUT2D eigenvalue weighted by atomic mass is 9.86. The van der Waals surface area contributed by atoms with Crippen LogP contribution < -0.4 is 10.9 Å². The maximum absolute atomic E-state index is 12.5. The highest BCUT2D eigenvalue weighted by molar-refractivity contribution is 7.71. The van der Waals surface area contributed by atoms with Crippen LogP contribution in [0.4, 0.5) is 0 Å². The zero-order valence-corrected chi connectivity index (χ0v) is 14.1. The lowest BCUT2D eigenvalue weighted by Crippen LogP contribution is -2.39. The average molecular weight is 347 g/mol. The number of hydrogen-bond donors (Lipinski definition) is 3. The number of rotatable bonds is 4. The summed E-state index contributed by atoms with van der Waals surface area (Å²) < 4.78 is 1.50. The Labute approximate surface area is 144 Å². The van der Waals surface area contributed by atoms with Gasteiger partial charge in [0.1, 0.15) is 6.54 Å². The third kappa shape index (κ3) is 3.57. The monoisotopic (exact) mass is 347 g/mol. The second-order valence-electron chi connectivity index (χ2n) is 6.28. The molecule has 7 heteroatoms. The second kappa shape index (κ2) is 7.27. The zero-order chi connectivity index (χ0) is 17.1. The molecule has 1 aliphatic rings. The molecule has 3 N–H and O–H groups in total.